The highest BCUT2D eigenvalue weighted by molar-refractivity contribution is 7.84. The van der Waals surface area contributed by atoms with Crippen LogP contribution in [-0.2, 0) is 24.7 Å². The maximum absolute atomic E-state index is 12.3. The maximum atomic E-state index is 12.3. The summed E-state index contributed by atoms with van der Waals surface area (Å²) in [5.41, 5.74) is 10.8. The highest BCUT2D eigenvalue weighted by Crippen LogP contribution is 2.23. The predicted octanol–water partition coefficient (Wildman–Crippen LogP) is -2.47. The van der Waals surface area contributed by atoms with Gasteiger partial charge in [-0.3, -0.25) is 14.1 Å². The first kappa shape index (κ1) is 18.1. The zero-order chi connectivity index (χ0) is 18.1. The number of nitrogen functional groups attached to an aromatic ring is 1. The van der Waals surface area contributed by atoms with Gasteiger partial charge in [-0.05, 0) is 0 Å². The smallest absolute Gasteiger partial charge is 0.362 e. The topological polar surface area (TPSA) is 190 Å². The molecule has 1 saturated heterocycles. The van der Waals surface area contributed by atoms with Gasteiger partial charge in [-0.25, -0.2) is 9.29 Å². The van der Waals surface area contributed by atoms with E-state index in [-0.39, 0.29) is 27.4 Å². The molecule has 1 fully saturated rings. The molecule has 0 saturated carbocycles. The van der Waals surface area contributed by atoms with Gasteiger partial charge in [0, 0.05) is 11.9 Å². The first-order valence-electron chi connectivity index (χ1n) is 6.34. The van der Waals surface area contributed by atoms with Crippen molar-refractivity contribution < 1.29 is 27.4 Å². The summed E-state index contributed by atoms with van der Waals surface area (Å²) in [5.74, 6) is -1.86. The standard InChI is InChI=1S/C10H14N6O6S2/c1-22-15-6(4-3-23-10(12)13-4)8(17)14-7-5(2-11)16(9(7)18)24(19,20)21/h3,5,7H,2,11H2,1H3,(H2,12,13)(H,14,17)(H,19,20,21)/b15-6-/t5-,7+/m0/s1. The number of nitrogens with zero attached hydrogens (tertiary/aromatic N) is 3. The third kappa shape index (κ3) is 3.30. The van der Waals surface area contributed by atoms with E-state index >= 15 is 0 Å². The summed E-state index contributed by atoms with van der Waals surface area (Å²) >= 11 is 1.07. The number of aromatic nitrogens is 1. The number of anilines is 1. The van der Waals surface area contributed by atoms with Gasteiger partial charge < -0.3 is 21.6 Å². The zero-order valence-corrected chi connectivity index (χ0v) is 13.9. The third-order valence-electron chi connectivity index (χ3n) is 3.11. The van der Waals surface area contributed by atoms with Crippen molar-refractivity contribution in [2.75, 3.05) is 19.4 Å². The molecule has 132 valence electrons. The number of rotatable bonds is 6. The lowest BCUT2D eigenvalue weighted by atomic mass is 9.98. The maximum Gasteiger partial charge on any atom is 0.362 e. The van der Waals surface area contributed by atoms with E-state index in [4.69, 9.17) is 16.0 Å². The minimum atomic E-state index is -4.75. The van der Waals surface area contributed by atoms with E-state index in [1.54, 1.807) is 0 Å². The van der Waals surface area contributed by atoms with Crippen LogP contribution in [0.25, 0.3) is 0 Å². The molecule has 0 aliphatic carbocycles. The summed E-state index contributed by atoms with van der Waals surface area (Å²) in [5, 5.41) is 7.47. The second-order valence-electron chi connectivity index (χ2n) is 4.56. The average molecular weight is 378 g/mol. The van der Waals surface area contributed by atoms with Crippen LogP contribution in [0.4, 0.5) is 5.13 Å². The van der Waals surface area contributed by atoms with Crippen molar-refractivity contribution in [3.05, 3.63) is 11.1 Å². The minimum Gasteiger partial charge on any atom is -0.398 e. The molecule has 1 aliphatic rings. The Hall–Kier alpha value is -2.29. The van der Waals surface area contributed by atoms with E-state index in [1.807, 2.05) is 0 Å². The van der Waals surface area contributed by atoms with E-state index in [0.29, 0.717) is 0 Å². The highest BCUT2D eigenvalue weighted by atomic mass is 32.2. The zero-order valence-electron chi connectivity index (χ0n) is 12.2. The number of amides is 2. The molecule has 0 unspecified atom stereocenters. The molecular formula is C10H14N6O6S2. The molecule has 14 heteroatoms. The molecule has 12 nitrogen and oxygen atoms in total. The molecule has 1 aromatic heterocycles. The van der Waals surface area contributed by atoms with Gasteiger partial charge in [-0.2, -0.15) is 8.42 Å². The Bertz CT molecular complexity index is 790. The molecule has 0 bridgehead atoms. The Morgan fingerprint density at radius 3 is 2.75 bits per heavy atom. The molecule has 2 amide bonds. The first-order valence-corrected chi connectivity index (χ1v) is 8.62. The fraction of sp³-hybridized carbons (Fsp3) is 0.400. The Kier molecular flexibility index (Phi) is 5.02. The summed E-state index contributed by atoms with van der Waals surface area (Å²) in [4.78, 5) is 32.6. The highest BCUT2D eigenvalue weighted by Gasteiger charge is 2.53. The van der Waals surface area contributed by atoms with Crippen LogP contribution >= 0.6 is 11.3 Å². The van der Waals surface area contributed by atoms with Gasteiger partial charge >= 0.3 is 10.3 Å². The van der Waals surface area contributed by atoms with E-state index in [9.17, 15) is 18.0 Å². The fourth-order valence-electron chi connectivity index (χ4n) is 2.09. The van der Waals surface area contributed by atoms with Gasteiger partial charge in [0.05, 0.1) is 6.04 Å². The molecule has 1 aromatic rings. The number of thiazole rings is 1. The third-order valence-corrected chi connectivity index (χ3v) is 4.73. The van der Waals surface area contributed by atoms with Crippen molar-refractivity contribution in [2.24, 2.45) is 10.9 Å². The lowest BCUT2D eigenvalue weighted by molar-refractivity contribution is -0.144. The number of nitrogens with two attached hydrogens (primary N) is 2. The minimum absolute atomic E-state index is 0.125. The molecular weight excluding hydrogens is 364 g/mol. The fourth-order valence-corrected chi connectivity index (χ4v) is 3.53. The van der Waals surface area contributed by atoms with Crippen molar-refractivity contribution in [3.63, 3.8) is 0 Å². The van der Waals surface area contributed by atoms with Crippen LogP contribution in [-0.4, -0.2) is 65.5 Å². The van der Waals surface area contributed by atoms with E-state index in [1.165, 1.54) is 12.5 Å². The quantitative estimate of drug-likeness (QED) is 0.180. The van der Waals surface area contributed by atoms with Crippen LogP contribution in [0.5, 0.6) is 0 Å². The molecule has 24 heavy (non-hydrogen) atoms. The Labute approximate surface area is 140 Å². The number of β-lactam (4-membered cyclic amide) rings is 1. The van der Waals surface area contributed by atoms with Crippen molar-refractivity contribution in [2.45, 2.75) is 12.1 Å². The van der Waals surface area contributed by atoms with Crippen LogP contribution < -0.4 is 16.8 Å². The van der Waals surface area contributed by atoms with Gasteiger partial charge in [-0.1, -0.05) is 5.16 Å². The molecule has 6 N–H and O–H groups in total. The molecule has 2 heterocycles. The predicted molar refractivity (Wildman–Crippen MR) is 83.2 cm³/mol. The summed E-state index contributed by atoms with van der Waals surface area (Å²) in [7, 11) is -3.55. The second-order valence-corrected chi connectivity index (χ2v) is 6.74. The van der Waals surface area contributed by atoms with Gasteiger partial charge in [0.2, 0.25) is 0 Å². The van der Waals surface area contributed by atoms with Crippen LogP contribution in [0.1, 0.15) is 5.69 Å². The summed E-state index contributed by atoms with van der Waals surface area (Å²) in [6.45, 7) is -0.295. The lowest BCUT2D eigenvalue weighted by Gasteiger charge is -2.43. The first-order chi connectivity index (χ1) is 11.2. The number of carbonyl (C=O) groups is 2. The molecule has 2 atom stereocenters. The van der Waals surface area contributed by atoms with E-state index in [0.717, 1.165) is 11.3 Å². The van der Waals surface area contributed by atoms with Gasteiger partial charge in [0.25, 0.3) is 11.8 Å². The summed E-state index contributed by atoms with van der Waals surface area (Å²) in [6, 6.07) is -2.34. The van der Waals surface area contributed by atoms with Crippen LogP contribution in [0.2, 0.25) is 0 Å². The number of carbonyl (C=O) groups excluding carboxylic acids is 2. The van der Waals surface area contributed by atoms with Crippen LogP contribution in [0, 0.1) is 0 Å². The Morgan fingerprint density at radius 2 is 2.29 bits per heavy atom. The van der Waals surface area contributed by atoms with Gasteiger partial charge in [0.15, 0.2) is 10.8 Å². The number of hydrogen-bond acceptors (Lipinski definition) is 10. The summed E-state index contributed by atoms with van der Waals surface area (Å²) < 4.78 is 31.4. The van der Waals surface area contributed by atoms with Crippen LogP contribution in [0.15, 0.2) is 10.5 Å². The van der Waals surface area contributed by atoms with E-state index < -0.39 is 34.2 Å². The number of oxime groups is 1. The normalized spacial score (nSPS) is 21.4. The Balaban J connectivity index is 2.19. The molecule has 0 radical (unpaired) electrons. The summed E-state index contributed by atoms with van der Waals surface area (Å²) in [6.07, 6.45) is 0. The monoisotopic (exact) mass is 378 g/mol. The largest absolute Gasteiger partial charge is 0.398 e. The van der Waals surface area contributed by atoms with Gasteiger partial charge in [-0.15, -0.1) is 11.3 Å². The molecule has 0 aromatic carbocycles. The van der Waals surface area contributed by atoms with Crippen molar-refractivity contribution >= 4 is 44.3 Å². The molecule has 2 rings (SSSR count). The van der Waals surface area contributed by atoms with Crippen molar-refractivity contribution in [3.8, 4) is 0 Å². The van der Waals surface area contributed by atoms with Crippen molar-refractivity contribution in [1.29, 1.82) is 0 Å². The average Bonchev–Trinajstić information content (AvgIpc) is 2.91. The van der Waals surface area contributed by atoms with E-state index in [2.05, 4.69) is 20.3 Å². The molecule has 1 aliphatic heterocycles. The van der Waals surface area contributed by atoms with Crippen LogP contribution in [0.3, 0.4) is 0 Å². The number of hydrogen-bond donors (Lipinski definition) is 4. The Morgan fingerprint density at radius 1 is 1.62 bits per heavy atom. The van der Waals surface area contributed by atoms with Gasteiger partial charge in [0.1, 0.15) is 18.8 Å². The SMILES string of the molecule is CO/N=C(\C(=O)N[C@H]1C(=O)N(S(=O)(=O)O)[C@H]1CN)c1csc(N)n1. The number of nitrogens with one attached hydrogen (secondary N) is 1. The lowest BCUT2D eigenvalue weighted by Crippen LogP contribution is -2.74. The second kappa shape index (κ2) is 6.68. The van der Waals surface area contributed by atoms with Crippen molar-refractivity contribution in [1.82, 2.24) is 14.6 Å². The molecule has 0 spiro atoms.